The quantitative estimate of drug-likeness (QED) is 0.492. The molecule has 1 aromatic carbocycles. The number of pyridine rings is 2. The van der Waals surface area contributed by atoms with Crippen LogP contribution in [-0.4, -0.2) is 24.5 Å². The average molecular weight is 412 g/mol. The molecule has 0 amide bonds. The fourth-order valence-corrected chi connectivity index (χ4v) is 4.35. The summed E-state index contributed by atoms with van der Waals surface area (Å²) < 4.78 is 2.23. The molecule has 0 unspecified atom stereocenters. The normalized spacial score (nSPS) is 18.4. The highest BCUT2D eigenvalue weighted by molar-refractivity contribution is 7.80. The van der Waals surface area contributed by atoms with E-state index in [0.29, 0.717) is 6.54 Å². The first-order valence-corrected chi connectivity index (χ1v) is 10.3. The van der Waals surface area contributed by atoms with Gasteiger partial charge in [-0.15, -0.1) is 0 Å². The topological polar surface area (TPSA) is 46.0 Å². The zero-order valence-electron chi connectivity index (χ0n) is 16.3. The summed E-state index contributed by atoms with van der Waals surface area (Å²) in [4.78, 5) is 11.1. The number of rotatable bonds is 5. The smallest absolute Gasteiger partial charge is 0.170 e. The molecule has 1 fully saturated rings. The summed E-state index contributed by atoms with van der Waals surface area (Å²) in [5, 5.41) is 4.24. The van der Waals surface area contributed by atoms with Crippen molar-refractivity contribution in [2.75, 3.05) is 0 Å². The predicted octanol–water partition coefficient (Wildman–Crippen LogP) is 4.44. The van der Waals surface area contributed by atoms with Crippen molar-refractivity contribution >= 4 is 17.3 Å². The summed E-state index contributed by atoms with van der Waals surface area (Å²) in [5.41, 5.74) is 4.37. The predicted molar refractivity (Wildman–Crippen MR) is 121 cm³/mol. The Morgan fingerprint density at radius 3 is 2.53 bits per heavy atom. The first-order valence-electron chi connectivity index (χ1n) is 9.91. The largest absolute Gasteiger partial charge is 0.352 e. The molecule has 6 heteroatoms. The van der Waals surface area contributed by atoms with Crippen LogP contribution in [-0.2, 0) is 6.54 Å². The molecule has 5 nitrogen and oxygen atoms in total. The van der Waals surface area contributed by atoms with Gasteiger partial charge in [0.1, 0.15) is 0 Å². The molecule has 3 aromatic heterocycles. The average Bonchev–Trinajstić information content (AvgIpc) is 3.40. The van der Waals surface area contributed by atoms with Crippen LogP contribution in [0.4, 0.5) is 0 Å². The summed E-state index contributed by atoms with van der Waals surface area (Å²) in [6, 6.07) is 24.6. The van der Waals surface area contributed by atoms with Gasteiger partial charge in [-0.1, -0.05) is 30.3 Å². The molecule has 0 spiro atoms. The van der Waals surface area contributed by atoms with Crippen LogP contribution in [0.1, 0.15) is 29.0 Å². The lowest BCUT2D eigenvalue weighted by molar-refractivity contribution is 0.302. The molecule has 1 saturated heterocycles. The van der Waals surface area contributed by atoms with Gasteiger partial charge >= 0.3 is 0 Å². The highest BCUT2D eigenvalue weighted by Gasteiger charge is 2.41. The van der Waals surface area contributed by atoms with Crippen LogP contribution in [0, 0.1) is 0 Å². The summed E-state index contributed by atoms with van der Waals surface area (Å²) >= 11 is 5.79. The number of thiocarbonyl (C=S) groups is 1. The second-order valence-electron chi connectivity index (χ2n) is 7.25. The molecular formula is C24H21N5S. The monoisotopic (exact) mass is 411 g/mol. The van der Waals surface area contributed by atoms with E-state index in [1.807, 2.05) is 36.7 Å². The maximum Gasteiger partial charge on any atom is 0.170 e. The summed E-state index contributed by atoms with van der Waals surface area (Å²) in [5.74, 6) is 0. The third-order valence-corrected chi connectivity index (χ3v) is 5.74. The van der Waals surface area contributed by atoms with Crippen molar-refractivity contribution < 1.29 is 0 Å². The SMILES string of the molecule is S=C1N[C@H](c2ccccn2)[C@H](c2cccn2-c2ccccc2)N1Cc1cccnc1. The van der Waals surface area contributed by atoms with Gasteiger partial charge in [0.25, 0.3) is 0 Å². The van der Waals surface area contributed by atoms with Crippen molar-refractivity contribution in [2.45, 2.75) is 18.6 Å². The first kappa shape index (κ1) is 18.5. The van der Waals surface area contributed by atoms with Gasteiger partial charge in [0, 0.05) is 42.7 Å². The number of hydrogen-bond donors (Lipinski definition) is 1. The highest BCUT2D eigenvalue weighted by atomic mass is 32.1. The van der Waals surface area contributed by atoms with Crippen LogP contribution in [0.25, 0.3) is 5.69 Å². The van der Waals surface area contributed by atoms with E-state index in [9.17, 15) is 0 Å². The zero-order chi connectivity index (χ0) is 20.3. The number of nitrogens with one attached hydrogen (secondary N) is 1. The van der Waals surface area contributed by atoms with Crippen LogP contribution >= 0.6 is 12.2 Å². The van der Waals surface area contributed by atoms with Gasteiger partial charge in [-0.3, -0.25) is 9.97 Å². The fourth-order valence-electron chi connectivity index (χ4n) is 4.04. The molecule has 4 aromatic rings. The van der Waals surface area contributed by atoms with Gasteiger partial charge < -0.3 is 14.8 Å². The van der Waals surface area contributed by atoms with Crippen molar-refractivity contribution in [3.05, 3.63) is 115 Å². The van der Waals surface area contributed by atoms with E-state index in [2.05, 4.69) is 79.5 Å². The Bertz CT molecular complexity index is 1130. The Labute approximate surface area is 181 Å². The molecular weight excluding hydrogens is 390 g/mol. The van der Waals surface area contributed by atoms with Gasteiger partial charge in [-0.25, -0.2) is 0 Å². The Hall–Kier alpha value is -3.51. The lowest BCUT2D eigenvalue weighted by atomic mass is 10.0. The molecule has 5 rings (SSSR count). The van der Waals surface area contributed by atoms with Gasteiger partial charge in [0.05, 0.1) is 17.8 Å². The van der Waals surface area contributed by atoms with Crippen LogP contribution in [0.15, 0.2) is 97.6 Å². The molecule has 1 aliphatic heterocycles. The van der Waals surface area contributed by atoms with E-state index >= 15 is 0 Å². The highest BCUT2D eigenvalue weighted by Crippen LogP contribution is 2.40. The molecule has 0 bridgehead atoms. The van der Waals surface area contributed by atoms with Crippen molar-refractivity contribution in [2.24, 2.45) is 0 Å². The van der Waals surface area contributed by atoms with E-state index < -0.39 is 0 Å². The van der Waals surface area contributed by atoms with Crippen LogP contribution in [0.2, 0.25) is 0 Å². The first-order chi connectivity index (χ1) is 14.8. The van der Waals surface area contributed by atoms with Crippen LogP contribution in [0.3, 0.4) is 0 Å². The molecule has 0 saturated carbocycles. The van der Waals surface area contributed by atoms with E-state index in [-0.39, 0.29) is 12.1 Å². The van der Waals surface area contributed by atoms with Crippen molar-refractivity contribution in [3.8, 4) is 5.69 Å². The number of aromatic nitrogens is 3. The Morgan fingerprint density at radius 2 is 1.77 bits per heavy atom. The van der Waals surface area contributed by atoms with E-state index in [0.717, 1.165) is 27.8 Å². The molecule has 0 aliphatic carbocycles. The number of para-hydroxylation sites is 1. The molecule has 2 atom stereocenters. The maximum atomic E-state index is 5.79. The lowest BCUT2D eigenvalue weighted by Crippen LogP contribution is -2.30. The second-order valence-corrected chi connectivity index (χ2v) is 7.64. The van der Waals surface area contributed by atoms with Gasteiger partial charge in [-0.05, 0) is 60.2 Å². The Morgan fingerprint density at radius 1 is 0.900 bits per heavy atom. The molecule has 1 N–H and O–H groups in total. The molecule has 30 heavy (non-hydrogen) atoms. The second kappa shape index (κ2) is 8.08. The van der Waals surface area contributed by atoms with E-state index in [1.54, 1.807) is 6.20 Å². The minimum atomic E-state index is -0.0484. The fraction of sp³-hybridized carbons (Fsp3) is 0.125. The number of benzene rings is 1. The summed E-state index contributed by atoms with van der Waals surface area (Å²) in [6.45, 7) is 0.674. The van der Waals surface area contributed by atoms with Gasteiger partial charge in [0.15, 0.2) is 5.11 Å². The Balaban J connectivity index is 1.60. The van der Waals surface area contributed by atoms with E-state index in [4.69, 9.17) is 12.2 Å². The van der Waals surface area contributed by atoms with Crippen LogP contribution < -0.4 is 5.32 Å². The maximum absolute atomic E-state index is 5.79. The molecule has 1 aliphatic rings. The lowest BCUT2D eigenvalue weighted by Gasteiger charge is -2.29. The number of hydrogen-bond acceptors (Lipinski definition) is 3. The summed E-state index contributed by atoms with van der Waals surface area (Å²) in [7, 11) is 0. The van der Waals surface area contributed by atoms with Gasteiger partial charge in [0.2, 0.25) is 0 Å². The van der Waals surface area contributed by atoms with Gasteiger partial charge in [-0.2, -0.15) is 0 Å². The molecule has 4 heterocycles. The minimum Gasteiger partial charge on any atom is -0.352 e. The zero-order valence-corrected chi connectivity index (χ0v) is 17.1. The Kier molecular flexibility index (Phi) is 4.99. The van der Waals surface area contributed by atoms with E-state index in [1.165, 1.54) is 0 Å². The standard InChI is InChI=1S/C24H21N5S/c30-24-27-22(20-11-4-5-14-26-20)23(29(24)17-18-8-6-13-25-16-18)21-12-7-15-28(21)19-9-2-1-3-10-19/h1-16,22-23H,17H2,(H,27,30)/t22-,23+/m1/s1. The van der Waals surface area contributed by atoms with Crippen molar-refractivity contribution in [3.63, 3.8) is 0 Å². The third kappa shape index (κ3) is 3.46. The third-order valence-electron chi connectivity index (χ3n) is 5.39. The van der Waals surface area contributed by atoms with Crippen molar-refractivity contribution in [1.29, 1.82) is 0 Å². The summed E-state index contributed by atoms with van der Waals surface area (Å²) in [6.07, 6.45) is 7.61. The number of nitrogens with zero attached hydrogens (tertiary/aromatic N) is 4. The van der Waals surface area contributed by atoms with Crippen molar-refractivity contribution in [1.82, 2.24) is 24.8 Å². The molecule has 148 valence electrons. The minimum absolute atomic E-state index is 0.0113. The molecule has 0 radical (unpaired) electrons. The van der Waals surface area contributed by atoms with Crippen LogP contribution in [0.5, 0.6) is 0 Å².